The van der Waals surface area contributed by atoms with E-state index in [1.807, 2.05) is 0 Å². The lowest BCUT2D eigenvalue weighted by atomic mass is 10.1. The number of ether oxygens (including phenoxy) is 2. The molecule has 2 amide bonds. The van der Waals surface area contributed by atoms with Crippen LogP contribution in [0.3, 0.4) is 0 Å². The molecule has 1 saturated heterocycles. The summed E-state index contributed by atoms with van der Waals surface area (Å²) < 4.78 is 10.5. The van der Waals surface area contributed by atoms with Gasteiger partial charge in [0.25, 0.3) is 5.91 Å². The highest BCUT2D eigenvalue weighted by molar-refractivity contribution is 6.14. The Morgan fingerprint density at radius 1 is 1.29 bits per heavy atom. The van der Waals surface area contributed by atoms with Crippen LogP contribution in [0.1, 0.15) is 16.8 Å². The number of hydrogen-bond donors (Lipinski definition) is 2. The molecule has 3 aliphatic rings. The standard InChI is InChI=1S/C13H11N3O5/c17-12-9-1-6(15-19)4-16(9)13(18)7-2-10-11(21-5-20-10)3-8(7)14-12/h2-3,9,19H,1,4-5H2,(H,14,17)/b15-6+/t9-/m0/s1. The van der Waals surface area contributed by atoms with Crippen molar-refractivity contribution in [1.82, 2.24) is 4.90 Å². The zero-order valence-electron chi connectivity index (χ0n) is 10.8. The van der Waals surface area contributed by atoms with Gasteiger partial charge in [-0.3, -0.25) is 9.59 Å². The second-order valence-corrected chi connectivity index (χ2v) is 5.06. The first-order chi connectivity index (χ1) is 10.2. The van der Waals surface area contributed by atoms with E-state index in [9.17, 15) is 9.59 Å². The molecule has 0 aromatic heterocycles. The highest BCUT2D eigenvalue weighted by atomic mass is 16.7. The molecule has 8 nitrogen and oxygen atoms in total. The van der Waals surface area contributed by atoms with Crippen LogP contribution in [-0.2, 0) is 4.79 Å². The fourth-order valence-electron chi connectivity index (χ4n) is 2.82. The molecule has 8 heteroatoms. The Morgan fingerprint density at radius 2 is 2.05 bits per heavy atom. The van der Waals surface area contributed by atoms with E-state index in [0.717, 1.165) is 0 Å². The summed E-state index contributed by atoms with van der Waals surface area (Å²) >= 11 is 0. The quantitative estimate of drug-likeness (QED) is 0.532. The van der Waals surface area contributed by atoms with E-state index in [4.69, 9.17) is 14.7 Å². The Morgan fingerprint density at radius 3 is 2.81 bits per heavy atom. The Bertz CT molecular complexity index is 699. The third kappa shape index (κ3) is 1.65. The van der Waals surface area contributed by atoms with E-state index in [2.05, 4.69) is 10.5 Å². The lowest BCUT2D eigenvalue weighted by molar-refractivity contribution is -0.119. The minimum Gasteiger partial charge on any atom is -0.454 e. The molecule has 0 radical (unpaired) electrons. The number of amides is 2. The molecular weight excluding hydrogens is 278 g/mol. The van der Waals surface area contributed by atoms with Crippen LogP contribution < -0.4 is 14.8 Å². The first-order valence-electron chi connectivity index (χ1n) is 6.42. The summed E-state index contributed by atoms with van der Waals surface area (Å²) in [4.78, 5) is 26.3. The lowest BCUT2D eigenvalue weighted by Gasteiger charge is -2.19. The van der Waals surface area contributed by atoms with E-state index < -0.39 is 6.04 Å². The van der Waals surface area contributed by atoms with Gasteiger partial charge in [0.05, 0.1) is 23.5 Å². The predicted octanol–water partition coefficient (Wildman–Crippen LogP) is 0.412. The van der Waals surface area contributed by atoms with E-state index in [1.54, 1.807) is 12.1 Å². The highest BCUT2D eigenvalue weighted by Gasteiger charge is 2.42. The minimum atomic E-state index is -0.660. The monoisotopic (exact) mass is 289 g/mol. The number of nitrogens with one attached hydrogen (secondary N) is 1. The molecule has 3 heterocycles. The van der Waals surface area contributed by atoms with Gasteiger partial charge in [-0.25, -0.2) is 0 Å². The third-order valence-electron chi connectivity index (χ3n) is 3.86. The largest absolute Gasteiger partial charge is 0.454 e. The summed E-state index contributed by atoms with van der Waals surface area (Å²) in [5, 5.41) is 14.7. The Balaban J connectivity index is 1.82. The first kappa shape index (κ1) is 12.0. The average Bonchev–Trinajstić information content (AvgIpc) is 3.09. The number of fused-ring (bicyclic) bond motifs is 3. The van der Waals surface area contributed by atoms with E-state index in [-0.39, 0.29) is 31.6 Å². The van der Waals surface area contributed by atoms with Gasteiger partial charge in [0.15, 0.2) is 11.5 Å². The maximum Gasteiger partial charge on any atom is 0.257 e. The molecule has 1 fully saturated rings. The van der Waals surface area contributed by atoms with Crippen molar-refractivity contribution >= 4 is 23.2 Å². The number of hydrogen-bond acceptors (Lipinski definition) is 6. The molecule has 0 aliphatic carbocycles. The number of rotatable bonds is 0. The van der Waals surface area contributed by atoms with E-state index >= 15 is 0 Å². The Kier molecular flexibility index (Phi) is 2.35. The summed E-state index contributed by atoms with van der Waals surface area (Å²) in [6.07, 6.45) is 0.231. The molecule has 21 heavy (non-hydrogen) atoms. The topological polar surface area (TPSA) is 100 Å². The van der Waals surface area contributed by atoms with Gasteiger partial charge in [0.2, 0.25) is 12.7 Å². The molecule has 4 rings (SSSR count). The van der Waals surface area contributed by atoms with Crippen molar-refractivity contribution in [2.75, 3.05) is 18.7 Å². The molecular formula is C13H11N3O5. The Labute approximate surface area is 118 Å². The number of carbonyl (C=O) groups excluding carboxylic acids is 2. The maximum atomic E-state index is 12.6. The Hall–Kier alpha value is -2.77. The molecule has 1 aromatic carbocycles. The number of nitrogens with zero attached hydrogens (tertiary/aromatic N) is 2. The van der Waals surface area contributed by atoms with Crippen molar-refractivity contribution in [1.29, 1.82) is 0 Å². The molecule has 108 valence electrons. The summed E-state index contributed by atoms with van der Waals surface area (Å²) in [7, 11) is 0. The van der Waals surface area contributed by atoms with E-state index in [0.29, 0.717) is 28.5 Å². The molecule has 2 N–H and O–H groups in total. The normalized spacial score (nSPS) is 24.7. The van der Waals surface area contributed by atoms with Crippen LogP contribution >= 0.6 is 0 Å². The van der Waals surface area contributed by atoms with Gasteiger partial charge in [-0.1, -0.05) is 5.16 Å². The van der Waals surface area contributed by atoms with Crippen LogP contribution in [0.2, 0.25) is 0 Å². The van der Waals surface area contributed by atoms with Crippen molar-refractivity contribution in [2.45, 2.75) is 12.5 Å². The van der Waals surface area contributed by atoms with Crippen molar-refractivity contribution in [3.8, 4) is 11.5 Å². The van der Waals surface area contributed by atoms with Crippen molar-refractivity contribution < 1.29 is 24.3 Å². The highest BCUT2D eigenvalue weighted by Crippen LogP contribution is 2.39. The zero-order valence-corrected chi connectivity index (χ0v) is 10.8. The maximum absolute atomic E-state index is 12.6. The average molecular weight is 289 g/mol. The van der Waals surface area contributed by atoms with Gasteiger partial charge in [0.1, 0.15) is 6.04 Å². The van der Waals surface area contributed by atoms with Crippen LogP contribution in [0.25, 0.3) is 0 Å². The zero-order chi connectivity index (χ0) is 14.6. The smallest absolute Gasteiger partial charge is 0.257 e. The third-order valence-corrected chi connectivity index (χ3v) is 3.86. The van der Waals surface area contributed by atoms with Gasteiger partial charge < -0.3 is 24.9 Å². The summed E-state index contributed by atoms with van der Waals surface area (Å²) in [5.74, 6) is 0.372. The molecule has 1 aromatic rings. The van der Waals surface area contributed by atoms with Gasteiger partial charge in [-0.2, -0.15) is 0 Å². The number of anilines is 1. The van der Waals surface area contributed by atoms with Gasteiger partial charge >= 0.3 is 0 Å². The second-order valence-electron chi connectivity index (χ2n) is 5.06. The van der Waals surface area contributed by atoms with Crippen LogP contribution in [0.5, 0.6) is 11.5 Å². The minimum absolute atomic E-state index is 0.0913. The fraction of sp³-hybridized carbons (Fsp3) is 0.308. The predicted molar refractivity (Wildman–Crippen MR) is 69.9 cm³/mol. The van der Waals surface area contributed by atoms with Crippen LogP contribution in [-0.4, -0.2) is 47.0 Å². The van der Waals surface area contributed by atoms with Gasteiger partial charge in [-0.05, 0) is 6.07 Å². The van der Waals surface area contributed by atoms with Gasteiger partial charge in [-0.15, -0.1) is 0 Å². The molecule has 1 atom stereocenters. The lowest BCUT2D eigenvalue weighted by Crippen LogP contribution is -2.40. The summed E-state index contributed by atoms with van der Waals surface area (Å²) in [6.45, 7) is 0.231. The van der Waals surface area contributed by atoms with Crippen LogP contribution in [0.15, 0.2) is 17.3 Å². The molecule has 0 unspecified atom stereocenters. The molecule has 0 spiro atoms. The fourth-order valence-corrected chi connectivity index (χ4v) is 2.82. The number of carbonyl (C=O) groups is 2. The second kappa shape index (κ2) is 4.11. The van der Waals surface area contributed by atoms with Crippen molar-refractivity contribution in [3.05, 3.63) is 17.7 Å². The molecule has 0 bridgehead atoms. The van der Waals surface area contributed by atoms with Gasteiger partial charge in [0, 0.05) is 12.5 Å². The number of oxime groups is 1. The van der Waals surface area contributed by atoms with Crippen LogP contribution in [0.4, 0.5) is 5.69 Å². The number of benzene rings is 1. The first-order valence-corrected chi connectivity index (χ1v) is 6.42. The van der Waals surface area contributed by atoms with Crippen molar-refractivity contribution in [2.24, 2.45) is 5.16 Å². The van der Waals surface area contributed by atoms with Crippen LogP contribution in [0, 0.1) is 0 Å². The SMILES string of the molecule is O=C1Nc2cc3c(cc2C(=O)N2C/C(=N/O)C[C@@H]12)OCO3. The van der Waals surface area contributed by atoms with Crippen molar-refractivity contribution in [3.63, 3.8) is 0 Å². The molecule has 3 aliphatic heterocycles. The summed E-state index contributed by atoms with van der Waals surface area (Å²) in [5.41, 5.74) is 1.16. The summed E-state index contributed by atoms with van der Waals surface area (Å²) in [6, 6.07) is 2.50. The van der Waals surface area contributed by atoms with E-state index in [1.165, 1.54) is 4.90 Å². The molecule has 0 saturated carbocycles.